The number of ether oxygens (including phenoxy) is 1. The summed E-state index contributed by atoms with van der Waals surface area (Å²) in [6.07, 6.45) is 1.75. The molecule has 26 heavy (non-hydrogen) atoms. The fraction of sp³-hybridized carbons (Fsp3) is 0.579. The summed E-state index contributed by atoms with van der Waals surface area (Å²) in [5.41, 5.74) is -0.362. The number of likely N-dealkylation sites (N-methyl/N-ethyl adjacent to an activating group) is 1. The van der Waals surface area contributed by atoms with E-state index in [1.54, 1.807) is 33.9 Å². The molecular weight excluding hydrogens is 359 g/mol. The maximum absolute atomic E-state index is 14.0. The maximum Gasteiger partial charge on any atom is 0.410 e. The average molecular weight is 385 g/mol. The van der Waals surface area contributed by atoms with E-state index in [2.05, 4.69) is 0 Å². The molecule has 1 heterocycles. The van der Waals surface area contributed by atoms with E-state index >= 15 is 0 Å². The summed E-state index contributed by atoms with van der Waals surface area (Å²) in [6, 6.07) is 3.82. The Morgan fingerprint density at radius 1 is 1.35 bits per heavy atom. The van der Waals surface area contributed by atoms with Crippen LogP contribution >= 0.6 is 11.6 Å². The van der Waals surface area contributed by atoms with E-state index in [1.165, 1.54) is 21.9 Å². The van der Waals surface area contributed by atoms with Crippen LogP contribution in [-0.4, -0.2) is 47.0 Å². The second-order valence-corrected chi connectivity index (χ2v) is 7.99. The van der Waals surface area contributed by atoms with E-state index in [9.17, 15) is 14.0 Å². The number of likely N-dealkylation sites (tertiary alicyclic amines) is 1. The van der Waals surface area contributed by atoms with Crippen molar-refractivity contribution in [3.05, 3.63) is 34.6 Å². The Morgan fingerprint density at radius 2 is 2.04 bits per heavy atom. The lowest BCUT2D eigenvalue weighted by Gasteiger charge is -2.37. The molecule has 7 heteroatoms. The molecular formula is C19H26ClFN2O3. The highest BCUT2D eigenvalue weighted by Gasteiger charge is 2.36. The molecule has 1 aliphatic heterocycles. The number of hydrogen-bond acceptors (Lipinski definition) is 3. The summed E-state index contributed by atoms with van der Waals surface area (Å²) in [6.45, 7) is 5.89. The van der Waals surface area contributed by atoms with Gasteiger partial charge >= 0.3 is 6.09 Å². The number of carbonyl (C=O) groups is 2. The number of amides is 2. The van der Waals surface area contributed by atoms with Crippen LogP contribution in [0.2, 0.25) is 5.02 Å². The molecule has 0 saturated carbocycles. The molecule has 2 rings (SSSR count). The van der Waals surface area contributed by atoms with Crippen LogP contribution in [0.5, 0.6) is 0 Å². The summed E-state index contributed by atoms with van der Waals surface area (Å²) < 4.78 is 19.4. The molecule has 1 aromatic rings. The Labute approximate surface area is 159 Å². The van der Waals surface area contributed by atoms with Crippen LogP contribution < -0.4 is 0 Å². The molecule has 1 aromatic carbocycles. The highest BCUT2D eigenvalue weighted by atomic mass is 35.5. The molecule has 2 amide bonds. The van der Waals surface area contributed by atoms with Gasteiger partial charge in [-0.2, -0.15) is 0 Å². The van der Waals surface area contributed by atoms with Gasteiger partial charge in [0.25, 0.3) is 0 Å². The fourth-order valence-corrected chi connectivity index (χ4v) is 3.20. The number of halogens is 2. The van der Waals surface area contributed by atoms with Gasteiger partial charge in [-0.3, -0.25) is 9.69 Å². The van der Waals surface area contributed by atoms with Gasteiger partial charge in [-0.1, -0.05) is 17.7 Å². The minimum atomic E-state index is -0.630. The van der Waals surface area contributed by atoms with E-state index in [-0.39, 0.29) is 23.0 Å². The topological polar surface area (TPSA) is 49.9 Å². The predicted molar refractivity (Wildman–Crippen MR) is 98.5 cm³/mol. The van der Waals surface area contributed by atoms with Crippen LogP contribution in [0.15, 0.2) is 18.2 Å². The summed E-state index contributed by atoms with van der Waals surface area (Å²) in [5.74, 6) is -0.695. The van der Waals surface area contributed by atoms with Crippen molar-refractivity contribution in [1.29, 1.82) is 0 Å². The molecule has 0 spiro atoms. The first-order valence-electron chi connectivity index (χ1n) is 8.77. The Balaban J connectivity index is 2.13. The molecule has 0 aromatic heterocycles. The lowest BCUT2D eigenvalue weighted by Crippen LogP contribution is -2.53. The van der Waals surface area contributed by atoms with Gasteiger partial charge in [-0.15, -0.1) is 0 Å². The molecule has 0 aliphatic carbocycles. The molecule has 1 aliphatic rings. The predicted octanol–water partition coefficient (Wildman–Crippen LogP) is 4.23. The maximum atomic E-state index is 14.0. The Kier molecular flexibility index (Phi) is 6.50. The summed E-state index contributed by atoms with van der Waals surface area (Å²) in [7, 11) is 1.59. The highest BCUT2D eigenvalue weighted by molar-refractivity contribution is 6.31. The van der Waals surface area contributed by atoms with Crippen molar-refractivity contribution in [3.8, 4) is 0 Å². The second kappa shape index (κ2) is 8.25. The Morgan fingerprint density at radius 3 is 2.65 bits per heavy atom. The zero-order valence-electron chi connectivity index (χ0n) is 15.7. The van der Waals surface area contributed by atoms with Crippen LogP contribution in [0.25, 0.3) is 0 Å². The number of piperidine rings is 1. The summed E-state index contributed by atoms with van der Waals surface area (Å²) >= 11 is 6.05. The van der Waals surface area contributed by atoms with Crippen molar-refractivity contribution >= 4 is 23.6 Å². The van der Waals surface area contributed by atoms with Crippen LogP contribution in [-0.2, 0) is 16.1 Å². The van der Waals surface area contributed by atoms with Gasteiger partial charge in [0.1, 0.15) is 17.5 Å². The van der Waals surface area contributed by atoms with Gasteiger partial charge in [-0.05, 0) is 52.2 Å². The molecule has 0 unspecified atom stereocenters. The highest BCUT2D eigenvalue weighted by Crippen LogP contribution is 2.24. The van der Waals surface area contributed by atoms with Gasteiger partial charge in [-0.25, -0.2) is 9.18 Å². The van der Waals surface area contributed by atoms with Crippen molar-refractivity contribution in [2.75, 3.05) is 13.6 Å². The van der Waals surface area contributed by atoms with Crippen LogP contribution in [0.4, 0.5) is 9.18 Å². The Bertz CT molecular complexity index is 655. The molecule has 0 bridgehead atoms. The lowest BCUT2D eigenvalue weighted by molar-refractivity contribution is -0.137. The quantitative estimate of drug-likeness (QED) is 0.783. The van der Waals surface area contributed by atoms with E-state index in [1.807, 2.05) is 0 Å². The summed E-state index contributed by atoms with van der Waals surface area (Å²) in [5, 5.41) is 0.275. The first kappa shape index (κ1) is 20.5. The minimum Gasteiger partial charge on any atom is -0.444 e. The van der Waals surface area contributed by atoms with E-state index in [0.717, 1.165) is 12.8 Å². The number of nitrogens with zero attached hydrogens (tertiary/aromatic N) is 2. The third-order valence-electron chi connectivity index (χ3n) is 4.25. The number of carbonyl (C=O) groups excluding carboxylic acids is 2. The van der Waals surface area contributed by atoms with Crippen LogP contribution in [0, 0.1) is 5.82 Å². The normalized spacial score (nSPS) is 17.8. The average Bonchev–Trinajstić information content (AvgIpc) is 2.56. The number of rotatable bonds is 3. The molecule has 0 radical (unpaired) electrons. The summed E-state index contributed by atoms with van der Waals surface area (Å²) in [4.78, 5) is 28.3. The van der Waals surface area contributed by atoms with Gasteiger partial charge < -0.3 is 9.64 Å². The van der Waals surface area contributed by atoms with Gasteiger partial charge in [0, 0.05) is 30.7 Å². The SMILES string of the molecule is CN(Cc1c(F)cccc1Cl)C(=O)[C@H]1CCCCN1C(=O)OC(C)(C)C. The molecule has 5 nitrogen and oxygen atoms in total. The van der Waals surface area contributed by atoms with Gasteiger partial charge in [0.2, 0.25) is 5.91 Å². The first-order valence-corrected chi connectivity index (χ1v) is 9.15. The van der Waals surface area contributed by atoms with Gasteiger partial charge in [0.15, 0.2) is 0 Å². The fourth-order valence-electron chi connectivity index (χ4n) is 2.98. The molecule has 1 fully saturated rings. The van der Waals surface area contributed by atoms with Crippen molar-refractivity contribution in [2.24, 2.45) is 0 Å². The van der Waals surface area contributed by atoms with E-state index in [4.69, 9.17) is 16.3 Å². The van der Waals surface area contributed by atoms with Crippen molar-refractivity contribution in [3.63, 3.8) is 0 Å². The Hall–Kier alpha value is -1.82. The standard InChI is InChI=1S/C19H26ClFN2O3/c1-19(2,3)26-18(25)23-11-6-5-10-16(23)17(24)22(4)12-13-14(20)8-7-9-15(13)21/h7-9,16H,5-6,10-12H2,1-4H3/t16-/m1/s1. The second-order valence-electron chi connectivity index (χ2n) is 7.58. The third-order valence-corrected chi connectivity index (χ3v) is 4.60. The van der Waals surface area contributed by atoms with Crippen LogP contribution in [0.1, 0.15) is 45.6 Å². The van der Waals surface area contributed by atoms with Crippen molar-refractivity contribution in [1.82, 2.24) is 9.80 Å². The lowest BCUT2D eigenvalue weighted by atomic mass is 10.0. The van der Waals surface area contributed by atoms with Gasteiger partial charge in [0.05, 0.1) is 0 Å². The minimum absolute atomic E-state index is 0.0446. The van der Waals surface area contributed by atoms with Crippen LogP contribution in [0.3, 0.4) is 0 Å². The smallest absolute Gasteiger partial charge is 0.410 e. The number of hydrogen-bond donors (Lipinski definition) is 0. The monoisotopic (exact) mass is 384 g/mol. The zero-order chi connectivity index (χ0) is 19.5. The van der Waals surface area contributed by atoms with Crippen molar-refractivity contribution < 1.29 is 18.7 Å². The largest absolute Gasteiger partial charge is 0.444 e. The van der Waals surface area contributed by atoms with Crippen molar-refractivity contribution in [2.45, 2.75) is 58.2 Å². The number of benzene rings is 1. The first-order chi connectivity index (χ1) is 12.1. The molecule has 144 valence electrons. The third kappa shape index (κ3) is 5.10. The molecule has 0 N–H and O–H groups in total. The van der Waals surface area contributed by atoms with E-state index in [0.29, 0.717) is 13.0 Å². The zero-order valence-corrected chi connectivity index (χ0v) is 16.5. The van der Waals surface area contributed by atoms with E-state index < -0.39 is 23.6 Å². The molecule has 1 saturated heterocycles. The molecule has 1 atom stereocenters.